The number of hydrogen-bond acceptors (Lipinski definition) is 15. The van der Waals surface area contributed by atoms with Gasteiger partial charge in [0.05, 0.1) is 104 Å². The van der Waals surface area contributed by atoms with E-state index < -0.39 is 24.1 Å². The number of nitrogens with zero attached hydrogens (tertiary/aromatic N) is 4. The number of aromatic nitrogens is 2. The zero-order valence-electron chi connectivity index (χ0n) is 39.0. The van der Waals surface area contributed by atoms with E-state index in [0.717, 1.165) is 24.3 Å². The van der Waals surface area contributed by atoms with E-state index in [-0.39, 0.29) is 30.4 Å². The van der Waals surface area contributed by atoms with Gasteiger partial charge in [-0.15, -0.1) is 12.3 Å². The summed E-state index contributed by atoms with van der Waals surface area (Å²) in [4.78, 5) is 60.3. The summed E-state index contributed by atoms with van der Waals surface area (Å²) in [7, 11) is 1.29. The maximum atomic E-state index is 13.0. The van der Waals surface area contributed by atoms with Crippen LogP contribution in [0, 0.1) is 18.3 Å². The third kappa shape index (κ3) is 23.6. The standard InChI is InChI=1S/C41H56N6O13.C7H12/c1-54-41(53)43-13-19-56-25-24-55-18-12-42-38(48)32-10-8-31(9-11-32)37(34-5-3-7-36(45-34)40(51)52)47-16-22-59-28-26-57-20-14-46(15-21-58-27-29-60-23-17-47)30-33-4-2-6-35(44-33)39(49)50;1-4-5-6-7(2)3/h2-11,37H,12-30H2,1H3,(H,42,48)(H,43,53)(H,49,50)(H,51,52);1,7H,5-6H2,2-3H3. The predicted molar refractivity (Wildman–Crippen MR) is 248 cm³/mol. The van der Waals surface area contributed by atoms with Gasteiger partial charge in [0.2, 0.25) is 0 Å². The van der Waals surface area contributed by atoms with Gasteiger partial charge >= 0.3 is 18.0 Å². The van der Waals surface area contributed by atoms with Crippen molar-refractivity contribution in [3.63, 3.8) is 0 Å². The van der Waals surface area contributed by atoms with Crippen LogP contribution in [0.1, 0.15) is 81.0 Å². The number of pyridine rings is 2. The lowest BCUT2D eigenvalue weighted by atomic mass is 9.99. The Hall–Kier alpha value is -5.56. The molecule has 0 saturated carbocycles. The minimum absolute atomic E-state index is 0.00746. The van der Waals surface area contributed by atoms with Crippen LogP contribution in [0.15, 0.2) is 60.7 Å². The van der Waals surface area contributed by atoms with Crippen molar-refractivity contribution in [3.8, 4) is 12.3 Å². The molecule has 0 radical (unpaired) electrons. The number of methoxy groups -OCH3 is 1. The van der Waals surface area contributed by atoms with Crippen molar-refractivity contribution in [2.24, 2.45) is 5.92 Å². The Morgan fingerprint density at radius 3 is 1.78 bits per heavy atom. The Morgan fingerprint density at radius 2 is 1.25 bits per heavy atom. The third-order valence-electron chi connectivity index (χ3n) is 9.90. The molecule has 1 atom stereocenters. The van der Waals surface area contributed by atoms with Crippen LogP contribution in [-0.2, 0) is 39.7 Å². The monoisotopic (exact) mass is 936 g/mol. The molecule has 3 heterocycles. The number of benzene rings is 1. The maximum absolute atomic E-state index is 13.0. The molecule has 2 amide bonds. The largest absolute Gasteiger partial charge is 0.477 e. The molecule has 368 valence electrons. The average molecular weight is 937 g/mol. The summed E-state index contributed by atoms with van der Waals surface area (Å²) in [6.45, 7) is 11.6. The molecule has 67 heavy (non-hydrogen) atoms. The molecule has 0 aliphatic carbocycles. The normalized spacial score (nSPS) is 15.4. The van der Waals surface area contributed by atoms with Gasteiger partial charge in [-0.25, -0.2) is 24.4 Å². The van der Waals surface area contributed by atoms with E-state index in [1.165, 1.54) is 19.2 Å². The molecule has 0 bridgehead atoms. The molecule has 1 aromatic carbocycles. The van der Waals surface area contributed by atoms with Gasteiger partial charge in [-0.2, -0.15) is 0 Å². The summed E-state index contributed by atoms with van der Waals surface area (Å²) in [5.74, 6) is 0.852. The smallest absolute Gasteiger partial charge is 0.406 e. The van der Waals surface area contributed by atoms with E-state index in [9.17, 15) is 29.4 Å². The fraction of sp³-hybridized carbons (Fsp3) is 0.542. The Bertz CT molecular complexity index is 1910. The van der Waals surface area contributed by atoms with Crippen molar-refractivity contribution in [1.82, 2.24) is 30.4 Å². The number of carboxylic acids is 2. The molecule has 3 aromatic rings. The fourth-order valence-electron chi connectivity index (χ4n) is 6.39. The second kappa shape index (κ2) is 33.8. The molecule has 1 fully saturated rings. The molecule has 0 spiro atoms. The number of ether oxygens (including phenoxy) is 7. The van der Waals surface area contributed by atoms with Gasteiger partial charge < -0.3 is 54.0 Å². The van der Waals surface area contributed by atoms with Crippen LogP contribution in [-0.4, -0.2) is 180 Å². The van der Waals surface area contributed by atoms with E-state index in [4.69, 9.17) is 34.8 Å². The molecule has 4 N–H and O–H groups in total. The van der Waals surface area contributed by atoms with E-state index in [1.807, 2.05) is 12.1 Å². The molecule has 4 rings (SSSR count). The number of alkyl carbamates (subject to hydrolysis) is 1. The van der Waals surface area contributed by atoms with Gasteiger partial charge in [0.1, 0.15) is 11.4 Å². The Labute approximate surface area is 393 Å². The number of nitrogens with one attached hydrogen (secondary N) is 2. The summed E-state index contributed by atoms with van der Waals surface area (Å²) >= 11 is 0. The number of carboxylic acid groups (broad SMARTS) is 2. The molecule has 1 aliphatic rings. The van der Waals surface area contributed by atoms with Gasteiger partial charge in [0, 0.05) is 57.8 Å². The number of rotatable bonds is 19. The lowest BCUT2D eigenvalue weighted by Gasteiger charge is -2.32. The molecule has 1 aliphatic heterocycles. The van der Waals surface area contributed by atoms with Crippen LogP contribution in [0.2, 0.25) is 0 Å². The summed E-state index contributed by atoms with van der Waals surface area (Å²) in [5.41, 5.74) is 2.27. The van der Waals surface area contributed by atoms with Crippen molar-refractivity contribution >= 4 is 23.9 Å². The highest BCUT2D eigenvalue weighted by molar-refractivity contribution is 5.94. The van der Waals surface area contributed by atoms with Crippen LogP contribution in [0.25, 0.3) is 0 Å². The summed E-state index contributed by atoms with van der Waals surface area (Å²) < 4.78 is 39.1. The number of aromatic carboxylic acids is 2. The zero-order chi connectivity index (χ0) is 48.5. The molecule has 19 heteroatoms. The molecular weight excluding hydrogens is 869 g/mol. The highest BCUT2D eigenvalue weighted by atomic mass is 16.5. The number of hydrogen-bond donors (Lipinski definition) is 4. The third-order valence-corrected chi connectivity index (χ3v) is 9.90. The van der Waals surface area contributed by atoms with Crippen LogP contribution in [0.4, 0.5) is 4.79 Å². The first-order valence-electron chi connectivity index (χ1n) is 22.5. The second-order valence-electron chi connectivity index (χ2n) is 15.4. The van der Waals surface area contributed by atoms with Crippen LogP contribution >= 0.6 is 0 Å². The molecule has 1 saturated heterocycles. The van der Waals surface area contributed by atoms with Gasteiger partial charge in [-0.05, 0) is 54.3 Å². The van der Waals surface area contributed by atoms with Crippen LogP contribution < -0.4 is 10.6 Å². The number of terminal acetylenes is 1. The number of amides is 2. The average Bonchev–Trinajstić information content (AvgIpc) is 3.32. The van der Waals surface area contributed by atoms with Crippen LogP contribution in [0.3, 0.4) is 0 Å². The first kappa shape index (κ1) is 55.8. The van der Waals surface area contributed by atoms with Crippen molar-refractivity contribution in [2.45, 2.75) is 39.3 Å². The summed E-state index contributed by atoms with van der Waals surface area (Å²) in [6, 6.07) is 16.4. The van der Waals surface area contributed by atoms with Gasteiger partial charge in [-0.1, -0.05) is 38.1 Å². The summed E-state index contributed by atoms with van der Waals surface area (Å²) in [6.07, 6.45) is 6.59. The molecule has 19 nitrogen and oxygen atoms in total. The lowest BCUT2D eigenvalue weighted by molar-refractivity contribution is 0.00331. The number of carbonyl (C=O) groups is 4. The highest BCUT2D eigenvalue weighted by Crippen LogP contribution is 2.28. The van der Waals surface area contributed by atoms with Crippen molar-refractivity contribution in [3.05, 3.63) is 94.6 Å². The number of carbonyl (C=O) groups excluding carboxylic acids is 2. The van der Waals surface area contributed by atoms with Gasteiger partial charge in [0.15, 0.2) is 0 Å². The fourth-order valence-corrected chi connectivity index (χ4v) is 6.39. The zero-order valence-corrected chi connectivity index (χ0v) is 39.0. The van der Waals surface area contributed by atoms with E-state index in [1.54, 1.807) is 36.4 Å². The first-order valence-corrected chi connectivity index (χ1v) is 22.5. The highest BCUT2D eigenvalue weighted by Gasteiger charge is 2.25. The minimum Gasteiger partial charge on any atom is -0.477 e. The Balaban J connectivity index is 0.00000157. The van der Waals surface area contributed by atoms with Crippen molar-refractivity contribution in [1.29, 1.82) is 0 Å². The second-order valence-corrected chi connectivity index (χ2v) is 15.4. The lowest BCUT2D eigenvalue weighted by Crippen LogP contribution is -2.36. The minimum atomic E-state index is -1.15. The molecular formula is C48H68N6O13. The van der Waals surface area contributed by atoms with Crippen molar-refractivity contribution < 1.29 is 62.5 Å². The predicted octanol–water partition coefficient (Wildman–Crippen LogP) is 4.02. The topological polar surface area (TPSA) is 230 Å². The Kier molecular flexibility index (Phi) is 28.2. The Morgan fingerprint density at radius 1 is 0.716 bits per heavy atom. The van der Waals surface area contributed by atoms with E-state index in [2.05, 4.69) is 54.9 Å². The van der Waals surface area contributed by atoms with E-state index in [0.29, 0.717) is 129 Å². The molecule has 2 aromatic heterocycles. The maximum Gasteiger partial charge on any atom is 0.406 e. The SMILES string of the molecule is C#CCCC(C)C.COC(=O)NCCOCCOCCNC(=O)c1ccc(C(c2cccc(C(=O)O)n2)N2CCOCCOCCN(Cc3cccc(C(=O)O)n3)CCOCCOCC2)cc1. The van der Waals surface area contributed by atoms with Crippen molar-refractivity contribution in [2.75, 3.05) is 126 Å². The van der Waals surface area contributed by atoms with E-state index >= 15 is 0 Å². The summed E-state index contributed by atoms with van der Waals surface area (Å²) in [5, 5.41) is 24.5. The van der Waals surface area contributed by atoms with Gasteiger partial charge in [0.25, 0.3) is 5.91 Å². The quantitative estimate of drug-likeness (QED) is 0.0983. The van der Waals surface area contributed by atoms with Gasteiger partial charge in [-0.3, -0.25) is 14.6 Å². The van der Waals surface area contributed by atoms with Crippen LogP contribution in [0.5, 0.6) is 0 Å². The first-order chi connectivity index (χ1) is 32.5. The molecule has 1 unspecified atom stereocenters.